The van der Waals surface area contributed by atoms with E-state index in [4.69, 9.17) is 4.99 Å². The lowest BCUT2D eigenvalue weighted by molar-refractivity contribution is 0.631. The molecule has 3 aromatic rings. The molecule has 0 amide bonds. The predicted octanol–water partition coefficient (Wildman–Crippen LogP) is 3.02. The van der Waals surface area contributed by atoms with Crippen molar-refractivity contribution in [3.8, 4) is 0 Å². The molecule has 0 aliphatic rings. The third kappa shape index (κ3) is 6.03. The molecule has 1 atom stereocenters. The summed E-state index contributed by atoms with van der Waals surface area (Å²) in [4.78, 5) is 6.02. The van der Waals surface area contributed by atoms with Crippen molar-refractivity contribution in [2.24, 2.45) is 19.1 Å². The van der Waals surface area contributed by atoms with Gasteiger partial charge in [0.25, 0.3) is 0 Å². The zero-order valence-electron chi connectivity index (χ0n) is 18.4. The van der Waals surface area contributed by atoms with E-state index in [1.165, 1.54) is 16.1 Å². The molecule has 0 saturated heterocycles. The number of guanidine groups is 1. The highest BCUT2D eigenvalue weighted by Crippen LogP contribution is 2.14. The van der Waals surface area contributed by atoms with Gasteiger partial charge in [0.1, 0.15) is 12.4 Å². The van der Waals surface area contributed by atoms with Gasteiger partial charge in [0, 0.05) is 30.7 Å². The van der Waals surface area contributed by atoms with Gasteiger partial charge in [0.15, 0.2) is 11.8 Å². The molecule has 0 aliphatic carbocycles. The fourth-order valence-electron chi connectivity index (χ4n) is 3.18. The highest BCUT2D eigenvalue weighted by molar-refractivity contribution is 14.0. The fraction of sp³-hybridized carbons (Fsp3) is 0.500. The van der Waals surface area contributed by atoms with Gasteiger partial charge in [0.2, 0.25) is 0 Å². The van der Waals surface area contributed by atoms with E-state index >= 15 is 0 Å². The SMILES string of the molecule is Cc1nn(C)c(C)c1CC(C)NC(=NCc1nnc(C)n1C)NCc1cccs1.I. The zero-order valence-corrected chi connectivity index (χ0v) is 21.6. The summed E-state index contributed by atoms with van der Waals surface area (Å²) in [6.45, 7) is 9.49. The summed E-state index contributed by atoms with van der Waals surface area (Å²) in [5.74, 6) is 2.49. The van der Waals surface area contributed by atoms with Crippen molar-refractivity contribution < 1.29 is 0 Å². The van der Waals surface area contributed by atoms with Crippen LogP contribution in [0.25, 0.3) is 0 Å². The molecule has 0 fully saturated rings. The fourth-order valence-corrected chi connectivity index (χ4v) is 3.82. The Hall–Kier alpha value is -1.95. The Morgan fingerprint density at radius 2 is 2.00 bits per heavy atom. The Labute approximate surface area is 199 Å². The minimum atomic E-state index is 0. The molecule has 164 valence electrons. The highest BCUT2D eigenvalue weighted by Gasteiger charge is 2.14. The van der Waals surface area contributed by atoms with Crippen LogP contribution >= 0.6 is 35.3 Å². The molecule has 30 heavy (non-hydrogen) atoms. The van der Waals surface area contributed by atoms with Gasteiger partial charge in [-0.1, -0.05) is 6.07 Å². The molecule has 3 aromatic heterocycles. The van der Waals surface area contributed by atoms with Crippen molar-refractivity contribution in [3.63, 3.8) is 0 Å². The van der Waals surface area contributed by atoms with Gasteiger partial charge in [0.05, 0.1) is 12.2 Å². The maximum Gasteiger partial charge on any atom is 0.192 e. The number of thiophene rings is 1. The van der Waals surface area contributed by atoms with E-state index in [0.29, 0.717) is 6.54 Å². The second-order valence-corrected chi connectivity index (χ2v) is 8.37. The van der Waals surface area contributed by atoms with E-state index in [2.05, 4.69) is 64.2 Å². The minimum Gasteiger partial charge on any atom is -0.354 e. The lowest BCUT2D eigenvalue weighted by Crippen LogP contribution is -2.43. The Kier molecular flexibility index (Phi) is 8.83. The van der Waals surface area contributed by atoms with E-state index in [1.54, 1.807) is 11.3 Å². The van der Waals surface area contributed by atoms with Gasteiger partial charge in [-0.3, -0.25) is 4.68 Å². The topological polar surface area (TPSA) is 85.0 Å². The summed E-state index contributed by atoms with van der Waals surface area (Å²) < 4.78 is 3.91. The lowest BCUT2D eigenvalue weighted by Gasteiger charge is -2.18. The first-order valence-corrected chi connectivity index (χ1v) is 10.6. The zero-order chi connectivity index (χ0) is 21.0. The molecular weight excluding hydrogens is 511 g/mol. The monoisotopic (exact) mass is 542 g/mol. The molecule has 0 aromatic carbocycles. The van der Waals surface area contributed by atoms with Gasteiger partial charge < -0.3 is 15.2 Å². The first kappa shape index (κ1) is 24.3. The average molecular weight is 542 g/mol. The number of halogens is 1. The summed E-state index contributed by atoms with van der Waals surface area (Å²) in [6.07, 6.45) is 0.883. The van der Waals surface area contributed by atoms with Crippen molar-refractivity contribution in [1.82, 2.24) is 35.2 Å². The summed E-state index contributed by atoms with van der Waals surface area (Å²) in [6, 6.07) is 4.38. The Morgan fingerprint density at radius 3 is 2.57 bits per heavy atom. The van der Waals surface area contributed by atoms with E-state index in [9.17, 15) is 0 Å². The van der Waals surface area contributed by atoms with Gasteiger partial charge in [-0.05, 0) is 51.1 Å². The molecule has 10 heteroatoms. The average Bonchev–Trinajstić information content (AvgIpc) is 3.37. The van der Waals surface area contributed by atoms with Crippen LogP contribution in [0, 0.1) is 20.8 Å². The van der Waals surface area contributed by atoms with E-state index in [-0.39, 0.29) is 30.0 Å². The van der Waals surface area contributed by atoms with Crippen molar-refractivity contribution in [3.05, 3.63) is 51.0 Å². The quantitative estimate of drug-likeness (QED) is 0.273. The van der Waals surface area contributed by atoms with E-state index in [0.717, 1.165) is 36.3 Å². The van der Waals surface area contributed by atoms with Crippen molar-refractivity contribution >= 4 is 41.3 Å². The highest BCUT2D eigenvalue weighted by atomic mass is 127. The summed E-state index contributed by atoms with van der Waals surface area (Å²) >= 11 is 1.73. The van der Waals surface area contributed by atoms with Crippen LogP contribution in [-0.2, 0) is 33.6 Å². The third-order valence-electron chi connectivity index (χ3n) is 5.12. The van der Waals surface area contributed by atoms with Gasteiger partial charge in [-0.25, -0.2) is 4.99 Å². The van der Waals surface area contributed by atoms with Crippen LogP contribution < -0.4 is 10.6 Å². The van der Waals surface area contributed by atoms with Crippen molar-refractivity contribution in [2.75, 3.05) is 0 Å². The maximum atomic E-state index is 4.75. The lowest BCUT2D eigenvalue weighted by atomic mass is 10.1. The van der Waals surface area contributed by atoms with Crippen LogP contribution in [0.1, 0.15) is 40.4 Å². The standard InChI is InChI=1S/C20H30N8S.HI/c1-13(10-18-14(2)26-28(6)15(18)3)23-20(21-11-17-8-7-9-29-17)22-12-19-25-24-16(4)27(19)5;/h7-9,13H,10-12H2,1-6H3,(H2,21,22,23);1H. The number of hydrogen-bond acceptors (Lipinski definition) is 5. The number of hydrogen-bond donors (Lipinski definition) is 2. The molecule has 3 heterocycles. The van der Waals surface area contributed by atoms with Crippen LogP contribution in [0.5, 0.6) is 0 Å². The molecule has 3 rings (SSSR count). The van der Waals surface area contributed by atoms with E-state index < -0.39 is 0 Å². The number of rotatable bonds is 7. The van der Waals surface area contributed by atoms with Crippen LogP contribution in [0.3, 0.4) is 0 Å². The third-order valence-corrected chi connectivity index (χ3v) is 6.00. The molecule has 0 aliphatic heterocycles. The van der Waals surface area contributed by atoms with Gasteiger partial charge >= 0.3 is 0 Å². The number of aromatic nitrogens is 5. The first-order valence-electron chi connectivity index (χ1n) is 9.76. The van der Waals surface area contributed by atoms with E-state index in [1.807, 2.05) is 30.3 Å². The normalized spacial score (nSPS) is 12.5. The largest absolute Gasteiger partial charge is 0.354 e. The van der Waals surface area contributed by atoms with Crippen molar-refractivity contribution in [2.45, 2.75) is 53.2 Å². The van der Waals surface area contributed by atoms with Crippen LogP contribution in [-0.4, -0.2) is 36.5 Å². The second-order valence-electron chi connectivity index (χ2n) is 7.34. The summed E-state index contributed by atoms with van der Waals surface area (Å²) in [5, 5.41) is 21.9. The molecule has 1 unspecified atom stereocenters. The van der Waals surface area contributed by atoms with Gasteiger partial charge in [-0.2, -0.15) is 5.10 Å². The van der Waals surface area contributed by atoms with Crippen LogP contribution in [0.15, 0.2) is 22.5 Å². The number of aryl methyl sites for hydroxylation is 3. The second kappa shape index (κ2) is 10.9. The molecule has 8 nitrogen and oxygen atoms in total. The molecule has 0 saturated carbocycles. The summed E-state index contributed by atoms with van der Waals surface area (Å²) in [7, 11) is 3.95. The maximum absolute atomic E-state index is 4.75. The number of aliphatic imine (C=N–C) groups is 1. The van der Waals surface area contributed by atoms with Gasteiger partial charge in [-0.15, -0.1) is 45.5 Å². The molecule has 0 radical (unpaired) electrons. The number of nitrogens with one attached hydrogen (secondary N) is 2. The molecule has 2 N–H and O–H groups in total. The molecular formula is C20H31IN8S. The Bertz CT molecular complexity index is 974. The number of nitrogens with zero attached hydrogens (tertiary/aromatic N) is 6. The van der Waals surface area contributed by atoms with Crippen LogP contribution in [0.2, 0.25) is 0 Å². The molecule has 0 bridgehead atoms. The van der Waals surface area contributed by atoms with Crippen molar-refractivity contribution in [1.29, 1.82) is 0 Å². The predicted molar refractivity (Wildman–Crippen MR) is 132 cm³/mol. The van der Waals surface area contributed by atoms with Crippen LogP contribution in [0.4, 0.5) is 0 Å². The first-order chi connectivity index (χ1) is 13.8. The Morgan fingerprint density at radius 1 is 1.23 bits per heavy atom. The molecule has 0 spiro atoms. The minimum absolute atomic E-state index is 0. The Balaban J connectivity index is 0.00000320. The summed E-state index contributed by atoms with van der Waals surface area (Å²) in [5.41, 5.74) is 3.57. The smallest absolute Gasteiger partial charge is 0.192 e.